The summed E-state index contributed by atoms with van der Waals surface area (Å²) in [5, 5.41) is 40.9. The molecule has 0 unspecified atom stereocenters. The molecular formula is C33H58O9. The van der Waals surface area contributed by atoms with E-state index in [0.717, 1.165) is 38.5 Å². The molecule has 6 atom stereocenters. The van der Waals surface area contributed by atoms with Gasteiger partial charge in [-0.25, -0.2) is 0 Å². The number of hydrogen-bond acceptors (Lipinski definition) is 9. The maximum absolute atomic E-state index is 12.6. The fraction of sp³-hybridized carbons (Fsp3) is 0.848. The molecule has 42 heavy (non-hydrogen) atoms. The van der Waals surface area contributed by atoms with Crippen LogP contribution in [0, 0.1) is 11.8 Å². The lowest BCUT2D eigenvalue weighted by Crippen LogP contribution is -2.25. The Kier molecular flexibility index (Phi) is 21.5. The number of aliphatic hydroxyl groups excluding tert-OH is 4. The monoisotopic (exact) mass is 598 g/mol. The predicted octanol–water partition coefficient (Wildman–Crippen LogP) is 4.95. The number of aliphatic hydroxyl groups is 4. The van der Waals surface area contributed by atoms with Crippen molar-refractivity contribution in [3.8, 4) is 0 Å². The van der Waals surface area contributed by atoms with Crippen LogP contribution in [0.4, 0.5) is 0 Å². The summed E-state index contributed by atoms with van der Waals surface area (Å²) in [5.74, 6) is -1.68. The van der Waals surface area contributed by atoms with Crippen LogP contribution < -0.4 is 0 Å². The average molecular weight is 599 g/mol. The van der Waals surface area contributed by atoms with Crippen LogP contribution in [0.15, 0.2) is 12.2 Å². The van der Waals surface area contributed by atoms with E-state index in [9.17, 15) is 34.8 Å². The van der Waals surface area contributed by atoms with Crippen LogP contribution in [0.3, 0.4) is 0 Å². The van der Waals surface area contributed by atoms with Gasteiger partial charge in [0.1, 0.15) is 25.1 Å². The Labute approximate surface area is 253 Å². The summed E-state index contributed by atoms with van der Waals surface area (Å²) in [6.07, 6.45) is 13.5. The third-order valence-corrected chi connectivity index (χ3v) is 7.98. The molecule has 1 fully saturated rings. The van der Waals surface area contributed by atoms with E-state index in [0.29, 0.717) is 25.7 Å². The number of esters is 2. The highest BCUT2D eigenvalue weighted by Gasteiger charge is 2.41. The molecule has 9 nitrogen and oxygen atoms in total. The highest BCUT2D eigenvalue weighted by molar-refractivity contribution is 5.79. The summed E-state index contributed by atoms with van der Waals surface area (Å²) in [5.41, 5.74) is 0. The zero-order chi connectivity index (χ0) is 31.2. The van der Waals surface area contributed by atoms with E-state index >= 15 is 0 Å². The fourth-order valence-electron chi connectivity index (χ4n) is 5.37. The molecule has 1 rings (SSSR count). The van der Waals surface area contributed by atoms with Gasteiger partial charge in [0.2, 0.25) is 0 Å². The number of carbonyl (C=O) groups is 3. The molecule has 1 aliphatic carbocycles. The molecule has 0 spiro atoms. The smallest absolute Gasteiger partial charge is 0.305 e. The second kappa shape index (κ2) is 23.6. The minimum absolute atomic E-state index is 0.0443. The number of rotatable bonds is 25. The van der Waals surface area contributed by atoms with Gasteiger partial charge in [-0.3, -0.25) is 14.4 Å². The van der Waals surface area contributed by atoms with Gasteiger partial charge >= 0.3 is 11.9 Å². The van der Waals surface area contributed by atoms with Crippen molar-refractivity contribution in [3.63, 3.8) is 0 Å². The highest BCUT2D eigenvalue weighted by Crippen LogP contribution is 2.36. The summed E-state index contributed by atoms with van der Waals surface area (Å²) >= 11 is 0. The first-order valence-corrected chi connectivity index (χ1v) is 16.4. The number of ketones is 1. The lowest BCUT2D eigenvalue weighted by molar-refractivity contribution is -0.152. The number of Topliss-reactive ketones (excluding diaryl/α,β-unsaturated/α-hetero) is 1. The van der Waals surface area contributed by atoms with Crippen molar-refractivity contribution < 1.29 is 44.3 Å². The van der Waals surface area contributed by atoms with Crippen molar-refractivity contribution in [1.82, 2.24) is 0 Å². The summed E-state index contributed by atoms with van der Waals surface area (Å²) in [6, 6.07) is 0. The van der Waals surface area contributed by atoms with E-state index in [1.54, 1.807) is 12.2 Å². The lowest BCUT2D eigenvalue weighted by Gasteiger charge is -2.20. The van der Waals surface area contributed by atoms with Crippen molar-refractivity contribution in [3.05, 3.63) is 12.2 Å². The Bertz CT molecular complexity index is 769. The first kappa shape index (κ1) is 38.2. The van der Waals surface area contributed by atoms with Gasteiger partial charge in [0.25, 0.3) is 0 Å². The molecule has 0 heterocycles. The summed E-state index contributed by atoms with van der Waals surface area (Å²) in [6.45, 7) is 3.80. The summed E-state index contributed by atoms with van der Waals surface area (Å²) in [4.78, 5) is 36.4. The summed E-state index contributed by atoms with van der Waals surface area (Å²) < 4.78 is 10.1. The van der Waals surface area contributed by atoms with Crippen LogP contribution in [-0.2, 0) is 23.9 Å². The largest absolute Gasteiger partial charge is 0.463 e. The van der Waals surface area contributed by atoms with Crippen LogP contribution in [0.25, 0.3) is 0 Å². The Morgan fingerprint density at radius 2 is 1.26 bits per heavy atom. The Hall–Kier alpha value is -1.81. The molecule has 244 valence electrons. The molecule has 0 amide bonds. The minimum atomic E-state index is -1.08. The fourth-order valence-corrected chi connectivity index (χ4v) is 5.37. The highest BCUT2D eigenvalue weighted by atomic mass is 16.6. The first-order valence-electron chi connectivity index (χ1n) is 16.4. The number of unbranched alkanes of at least 4 members (excludes halogenated alkanes) is 9. The minimum Gasteiger partial charge on any atom is -0.463 e. The van der Waals surface area contributed by atoms with E-state index in [2.05, 4.69) is 13.8 Å². The van der Waals surface area contributed by atoms with Crippen molar-refractivity contribution in [1.29, 1.82) is 0 Å². The molecular weight excluding hydrogens is 540 g/mol. The van der Waals surface area contributed by atoms with Crippen molar-refractivity contribution in [2.45, 2.75) is 154 Å². The van der Waals surface area contributed by atoms with Gasteiger partial charge in [-0.05, 0) is 25.7 Å². The maximum atomic E-state index is 12.6. The molecule has 1 saturated carbocycles. The third kappa shape index (κ3) is 18.0. The van der Waals surface area contributed by atoms with Gasteiger partial charge in [-0.1, -0.05) is 83.8 Å². The number of carbonyl (C=O) groups excluding carboxylic acids is 3. The van der Waals surface area contributed by atoms with E-state index in [1.165, 1.54) is 25.7 Å². The topological polar surface area (TPSA) is 151 Å². The van der Waals surface area contributed by atoms with E-state index in [4.69, 9.17) is 9.47 Å². The van der Waals surface area contributed by atoms with Crippen LogP contribution >= 0.6 is 0 Å². The van der Waals surface area contributed by atoms with Gasteiger partial charge in [0.15, 0.2) is 0 Å². The van der Waals surface area contributed by atoms with E-state index in [-0.39, 0.29) is 56.6 Å². The van der Waals surface area contributed by atoms with Gasteiger partial charge < -0.3 is 29.9 Å². The van der Waals surface area contributed by atoms with Crippen molar-refractivity contribution in [2.24, 2.45) is 11.8 Å². The van der Waals surface area contributed by atoms with Crippen LogP contribution in [-0.4, -0.2) is 75.8 Å². The lowest BCUT2D eigenvalue weighted by atomic mass is 9.87. The first-order chi connectivity index (χ1) is 20.2. The average Bonchev–Trinajstić information content (AvgIpc) is 3.22. The molecule has 0 saturated heterocycles. The number of ether oxygens (including phenoxy) is 2. The zero-order valence-electron chi connectivity index (χ0n) is 26.1. The standard InChI is InChI=1S/C33H58O9/c1-3-5-7-8-9-10-12-17-32(39)41-23-27(36)24-42-33(40)18-14-13-16-26(35)21-29-28(30(37)22-31(29)38)20-19-25(34)15-11-6-4-2/h19-20,25,27-31,34,36-38H,3-18,21-24H2,1-2H3/b20-19+/t25-,27+,28+,29+,30+,31-/m0/s1. The third-order valence-electron chi connectivity index (χ3n) is 7.98. The van der Waals surface area contributed by atoms with Crippen LogP contribution in [0.1, 0.15) is 129 Å². The van der Waals surface area contributed by atoms with Gasteiger partial charge in [-0.2, -0.15) is 0 Å². The molecule has 4 N–H and O–H groups in total. The van der Waals surface area contributed by atoms with Crippen molar-refractivity contribution >= 4 is 17.7 Å². The summed E-state index contributed by atoms with van der Waals surface area (Å²) in [7, 11) is 0. The Morgan fingerprint density at radius 1 is 0.738 bits per heavy atom. The molecule has 0 bridgehead atoms. The van der Waals surface area contributed by atoms with Gasteiger partial charge in [-0.15, -0.1) is 0 Å². The number of hydrogen-bond donors (Lipinski definition) is 4. The van der Waals surface area contributed by atoms with Crippen LogP contribution in [0.2, 0.25) is 0 Å². The molecule has 9 heteroatoms. The molecule has 0 aromatic rings. The van der Waals surface area contributed by atoms with Gasteiger partial charge in [0, 0.05) is 43.9 Å². The SMILES string of the molecule is CCCCCCCCCC(=O)OC[C@@H](O)COC(=O)CCCCC(=O)C[C@@H]1[C@@H](/C=C/[C@@H](O)CCCCC)[C@H](O)C[C@@H]1O. The Balaban J connectivity index is 2.19. The second-order valence-corrected chi connectivity index (χ2v) is 11.9. The second-order valence-electron chi connectivity index (χ2n) is 11.9. The molecule has 0 aromatic heterocycles. The van der Waals surface area contributed by atoms with E-state index in [1.807, 2.05) is 0 Å². The van der Waals surface area contributed by atoms with Gasteiger partial charge in [0.05, 0.1) is 18.3 Å². The quantitative estimate of drug-likeness (QED) is 0.0650. The zero-order valence-corrected chi connectivity index (χ0v) is 26.1. The Morgan fingerprint density at radius 3 is 1.88 bits per heavy atom. The molecule has 0 radical (unpaired) electrons. The normalized spacial score (nSPS) is 21.9. The molecule has 0 aromatic carbocycles. The van der Waals surface area contributed by atoms with Crippen molar-refractivity contribution in [2.75, 3.05) is 13.2 Å². The molecule has 0 aliphatic heterocycles. The van der Waals surface area contributed by atoms with E-state index < -0.39 is 36.3 Å². The predicted molar refractivity (Wildman–Crippen MR) is 162 cm³/mol. The maximum Gasteiger partial charge on any atom is 0.305 e. The van der Waals surface area contributed by atoms with Crippen LogP contribution in [0.5, 0.6) is 0 Å². The molecule has 1 aliphatic rings.